The van der Waals surface area contributed by atoms with Gasteiger partial charge in [-0.25, -0.2) is 0 Å². The second-order valence-electron chi connectivity index (χ2n) is 5.90. The standard InChI is InChI=1S/C20H20O5/c1-3-13-9-15(18(23)11-17(13)22)16(21)5-4-14-10-20-19(8-12(14)2)24-6-7-25-20/h4-5,8-11,22-23H,3,6-7H2,1-2H3/b5-4+. The number of allylic oxidation sites excluding steroid dienone is 1. The Bertz CT molecular complexity index is 852. The van der Waals surface area contributed by atoms with Crippen molar-refractivity contribution >= 4 is 11.9 Å². The number of aromatic hydroxyl groups is 2. The zero-order valence-electron chi connectivity index (χ0n) is 14.2. The molecule has 0 saturated heterocycles. The molecule has 2 N–H and O–H groups in total. The lowest BCUT2D eigenvalue weighted by Gasteiger charge is -2.19. The fourth-order valence-corrected chi connectivity index (χ4v) is 2.74. The molecule has 2 aromatic carbocycles. The number of ketones is 1. The molecule has 25 heavy (non-hydrogen) atoms. The minimum absolute atomic E-state index is 0.0109. The number of carbonyl (C=O) groups is 1. The maximum absolute atomic E-state index is 12.4. The zero-order chi connectivity index (χ0) is 18.0. The van der Waals surface area contributed by atoms with Gasteiger partial charge in [0.25, 0.3) is 0 Å². The molecule has 1 heterocycles. The third-order valence-electron chi connectivity index (χ3n) is 4.19. The lowest BCUT2D eigenvalue weighted by molar-refractivity contribution is 0.104. The second kappa shape index (κ2) is 6.89. The van der Waals surface area contributed by atoms with Crippen molar-refractivity contribution in [2.75, 3.05) is 13.2 Å². The van der Waals surface area contributed by atoms with Crippen LogP contribution in [0.15, 0.2) is 30.3 Å². The molecule has 0 unspecified atom stereocenters. The number of carbonyl (C=O) groups excluding carboxylic acids is 1. The van der Waals surface area contributed by atoms with Crippen LogP contribution in [0.25, 0.3) is 6.08 Å². The van der Waals surface area contributed by atoms with Crippen LogP contribution in [0.4, 0.5) is 0 Å². The number of benzene rings is 2. The molecular weight excluding hydrogens is 320 g/mol. The summed E-state index contributed by atoms with van der Waals surface area (Å²) in [6.07, 6.45) is 3.66. The highest BCUT2D eigenvalue weighted by atomic mass is 16.6. The van der Waals surface area contributed by atoms with Gasteiger partial charge in [-0.3, -0.25) is 4.79 Å². The van der Waals surface area contributed by atoms with Gasteiger partial charge >= 0.3 is 0 Å². The van der Waals surface area contributed by atoms with Gasteiger partial charge < -0.3 is 19.7 Å². The van der Waals surface area contributed by atoms with E-state index in [1.54, 1.807) is 6.08 Å². The third kappa shape index (κ3) is 3.45. The molecule has 0 aliphatic carbocycles. The van der Waals surface area contributed by atoms with Crippen molar-refractivity contribution in [2.45, 2.75) is 20.3 Å². The smallest absolute Gasteiger partial charge is 0.189 e. The Balaban J connectivity index is 1.88. The van der Waals surface area contributed by atoms with Gasteiger partial charge in [-0.2, -0.15) is 0 Å². The quantitative estimate of drug-likeness (QED) is 0.656. The number of hydrogen-bond donors (Lipinski definition) is 2. The van der Waals surface area contributed by atoms with Crippen LogP contribution in [0.1, 0.15) is 34.0 Å². The minimum Gasteiger partial charge on any atom is -0.508 e. The van der Waals surface area contributed by atoms with E-state index in [-0.39, 0.29) is 22.8 Å². The summed E-state index contributed by atoms with van der Waals surface area (Å²) in [6.45, 7) is 4.82. The SMILES string of the molecule is CCc1cc(C(=O)/C=C/c2cc3c(cc2C)OCCO3)c(O)cc1O. The highest BCUT2D eigenvalue weighted by Gasteiger charge is 2.15. The summed E-state index contributed by atoms with van der Waals surface area (Å²) in [4.78, 5) is 12.4. The Morgan fingerprint density at radius 3 is 2.44 bits per heavy atom. The molecule has 1 aliphatic rings. The van der Waals surface area contributed by atoms with E-state index in [1.165, 1.54) is 18.2 Å². The first-order chi connectivity index (χ1) is 12.0. The molecular formula is C20H20O5. The number of ether oxygens (including phenoxy) is 2. The molecule has 1 aliphatic heterocycles. The molecule has 0 amide bonds. The maximum Gasteiger partial charge on any atom is 0.189 e. The topological polar surface area (TPSA) is 76.0 Å². The van der Waals surface area contributed by atoms with E-state index in [0.717, 1.165) is 11.1 Å². The van der Waals surface area contributed by atoms with Crippen LogP contribution in [0.3, 0.4) is 0 Å². The Kier molecular flexibility index (Phi) is 4.65. The van der Waals surface area contributed by atoms with E-state index in [4.69, 9.17) is 9.47 Å². The number of hydrogen-bond acceptors (Lipinski definition) is 5. The summed E-state index contributed by atoms with van der Waals surface area (Å²) >= 11 is 0. The average Bonchev–Trinajstić information content (AvgIpc) is 2.59. The van der Waals surface area contributed by atoms with Gasteiger partial charge in [-0.15, -0.1) is 0 Å². The van der Waals surface area contributed by atoms with Crippen molar-refractivity contribution < 1.29 is 24.5 Å². The van der Waals surface area contributed by atoms with Gasteiger partial charge in [0, 0.05) is 6.07 Å². The number of phenolic OH excluding ortho intramolecular Hbond substituents is 2. The largest absolute Gasteiger partial charge is 0.508 e. The number of aryl methyl sites for hydroxylation is 2. The van der Waals surface area contributed by atoms with Crippen molar-refractivity contribution in [3.05, 3.63) is 52.6 Å². The van der Waals surface area contributed by atoms with Crippen LogP contribution in [0.2, 0.25) is 0 Å². The van der Waals surface area contributed by atoms with Crippen molar-refractivity contribution in [2.24, 2.45) is 0 Å². The summed E-state index contributed by atoms with van der Waals surface area (Å²) in [6, 6.07) is 6.44. The third-order valence-corrected chi connectivity index (χ3v) is 4.19. The molecule has 0 atom stereocenters. The first kappa shape index (κ1) is 16.9. The van der Waals surface area contributed by atoms with Gasteiger partial charge in [-0.1, -0.05) is 13.0 Å². The van der Waals surface area contributed by atoms with Crippen molar-refractivity contribution in [3.63, 3.8) is 0 Å². The predicted molar refractivity (Wildman–Crippen MR) is 94.7 cm³/mol. The van der Waals surface area contributed by atoms with Gasteiger partial charge in [0.1, 0.15) is 24.7 Å². The lowest BCUT2D eigenvalue weighted by Crippen LogP contribution is -2.15. The van der Waals surface area contributed by atoms with Gasteiger partial charge in [-0.05, 0) is 54.3 Å². The summed E-state index contributed by atoms with van der Waals surface area (Å²) in [5.41, 5.74) is 2.58. The molecule has 0 radical (unpaired) electrons. The number of rotatable bonds is 4. The normalized spacial score (nSPS) is 13.2. The Hall–Kier alpha value is -2.95. The summed E-state index contributed by atoms with van der Waals surface area (Å²) in [7, 11) is 0. The van der Waals surface area contributed by atoms with E-state index in [2.05, 4.69) is 0 Å². The zero-order valence-corrected chi connectivity index (χ0v) is 14.2. The van der Waals surface area contributed by atoms with Gasteiger partial charge in [0.15, 0.2) is 17.3 Å². The molecule has 0 fully saturated rings. The number of phenols is 2. The fourth-order valence-electron chi connectivity index (χ4n) is 2.74. The van der Waals surface area contributed by atoms with Crippen molar-refractivity contribution in [3.8, 4) is 23.0 Å². The monoisotopic (exact) mass is 340 g/mol. The highest BCUT2D eigenvalue weighted by molar-refractivity contribution is 6.09. The molecule has 0 spiro atoms. The summed E-state index contributed by atoms with van der Waals surface area (Å²) < 4.78 is 11.1. The molecule has 0 saturated carbocycles. The molecule has 3 rings (SSSR count). The van der Waals surface area contributed by atoms with Crippen LogP contribution in [-0.2, 0) is 6.42 Å². The van der Waals surface area contributed by atoms with Gasteiger partial charge in [0.2, 0.25) is 0 Å². The first-order valence-electron chi connectivity index (χ1n) is 8.17. The Morgan fingerprint density at radius 2 is 1.76 bits per heavy atom. The molecule has 5 heteroatoms. The fraction of sp³-hybridized carbons (Fsp3) is 0.250. The summed E-state index contributed by atoms with van der Waals surface area (Å²) in [5, 5.41) is 19.7. The van der Waals surface area contributed by atoms with E-state index >= 15 is 0 Å². The van der Waals surface area contributed by atoms with Crippen LogP contribution >= 0.6 is 0 Å². The molecule has 5 nitrogen and oxygen atoms in total. The second-order valence-corrected chi connectivity index (χ2v) is 5.90. The van der Waals surface area contributed by atoms with E-state index in [9.17, 15) is 15.0 Å². The number of fused-ring (bicyclic) bond motifs is 1. The summed E-state index contributed by atoms with van der Waals surface area (Å²) in [5.74, 6) is 0.786. The average molecular weight is 340 g/mol. The molecule has 2 aromatic rings. The first-order valence-corrected chi connectivity index (χ1v) is 8.17. The van der Waals surface area contributed by atoms with E-state index < -0.39 is 0 Å². The highest BCUT2D eigenvalue weighted by Crippen LogP contribution is 2.34. The van der Waals surface area contributed by atoms with E-state index in [1.807, 2.05) is 26.0 Å². The maximum atomic E-state index is 12.4. The molecule has 0 aromatic heterocycles. The Labute approximate surface area is 146 Å². The van der Waals surface area contributed by atoms with E-state index in [0.29, 0.717) is 36.7 Å². The van der Waals surface area contributed by atoms with Crippen LogP contribution in [-0.4, -0.2) is 29.2 Å². The minimum atomic E-state index is -0.332. The van der Waals surface area contributed by atoms with Gasteiger partial charge in [0.05, 0.1) is 5.56 Å². The molecule has 0 bridgehead atoms. The van der Waals surface area contributed by atoms with Crippen LogP contribution in [0.5, 0.6) is 23.0 Å². The van der Waals surface area contributed by atoms with Crippen LogP contribution < -0.4 is 9.47 Å². The van der Waals surface area contributed by atoms with Crippen molar-refractivity contribution in [1.29, 1.82) is 0 Å². The predicted octanol–water partition coefficient (Wildman–Crippen LogP) is 3.64. The molecule has 130 valence electrons. The lowest BCUT2D eigenvalue weighted by atomic mass is 10.0. The Morgan fingerprint density at radius 1 is 1.08 bits per heavy atom. The van der Waals surface area contributed by atoms with Crippen LogP contribution in [0, 0.1) is 6.92 Å². The van der Waals surface area contributed by atoms with Crippen molar-refractivity contribution in [1.82, 2.24) is 0 Å².